The minimum Gasteiger partial charge on any atom is -0.456 e. The molecule has 4 heterocycles. The fourth-order valence-corrected chi connectivity index (χ4v) is 7.30. The van der Waals surface area contributed by atoms with E-state index in [9.17, 15) is 4.79 Å². The third-order valence-corrected chi connectivity index (χ3v) is 8.95. The molecule has 0 saturated heterocycles. The van der Waals surface area contributed by atoms with Crippen molar-refractivity contribution in [2.24, 2.45) is 0 Å². The SMILES string of the molecule is C/C(C#N)=C/C=C/c1ccc(-c2sc(-c3ccc(/C=C/C=C(\C#N)C(=O)C#N)o3)c3c2SCCS3)o1. The summed E-state index contributed by atoms with van der Waals surface area (Å²) in [5.41, 5.74) is 0.392. The molecule has 4 rings (SSSR count). The Hall–Kier alpha value is -3.94. The monoisotopic (exact) mass is 527 g/mol. The molecule has 1 aliphatic heterocycles. The van der Waals surface area contributed by atoms with Crippen molar-refractivity contribution in [2.75, 3.05) is 11.5 Å². The normalized spacial score (nSPS) is 13.9. The van der Waals surface area contributed by atoms with Gasteiger partial charge in [0, 0.05) is 26.9 Å². The maximum Gasteiger partial charge on any atom is 0.272 e. The summed E-state index contributed by atoms with van der Waals surface area (Å²) in [5.74, 6) is 3.90. The van der Waals surface area contributed by atoms with Gasteiger partial charge in [0.25, 0.3) is 5.78 Å². The number of thioether (sulfide) groups is 2. The van der Waals surface area contributed by atoms with Gasteiger partial charge in [-0.15, -0.1) is 34.9 Å². The van der Waals surface area contributed by atoms with Crippen LogP contribution in [0.15, 0.2) is 78.3 Å². The van der Waals surface area contributed by atoms with Crippen LogP contribution in [-0.2, 0) is 4.79 Å². The van der Waals surface area contributed by atoms with Crippen molar-refractivity contribution in [2.45, 2.75) is 16.7 Å². The molecule has 0 spiro atoms. The Morgan fingerprint density at radius 2 is 1.39 bits per heavy atom. The first kappa shape index (κ1) is 25.2. The Balaban J connectivity index is 1.62. The first-order valence-electron chi connectivity index (χ1n) is 10.6. The number of hydrogen-bond donors (Lipinski definition) is 0. The van der Waals surface area contributed by atoms with E-state index in [1.807, 2.05) is 30.3 Å². The number of carbonyl (C=O) groups excluding carboxylic acids is 1. The number of furan rings is 2. The molecular formula is C27H17N3O3S3. The minimum absolute atomic E-state index is 0.227. The van der Waals surface area contributed by atoms with E-state index in [1.165, 1.54) is 28.0 Å². The Morgan fingerprint density at radius 1 is 0.833 bits per heavy atom. The van der Waals surface area contributed by atoms with Gasteiger partial charge in [-0.3, -0.25) is 4.79 Å². The highest BCUT2D eigenvalue weighted by Crippen LogP contribution is 2.53. The van der Waals surface area contributed by atoms with E-state index in [1.54, 1.807) is 66.1 Å². The Labute approximate surface area is 220 Å². The number of thiophene rings is 1. The summed E-state index contributed by atoms with van der Waals surface area (Å²) < 4.78 is 12.1. The molecule has 9 heteroatoms. The molecule has 3 aromatic heterocycles. The van der Waals surface area contributed by atoms with Gasteiger partial charge in [-0.25, -0.2) is 0 Å². The molecule has 6 nitrogen and oxygen atoms in total. The van der Waals surface area contributed by atoms with Crippen LogP contribution in [0.5, 0.6) is 0 Å². The number of nitrogens with zero attached hydrogens (tertiary/aromatic N) is 3. The maximum absolute atomic E-state index is 11.4. The molecule has 0 fully saturated rings. The zero-order chi connectivity index (χ0) is 25.5. The number of carbonyl (C=O) groups is 1. The predicted molar refractivity (Wildman–Crippen MR) is 143 cm³/mol. The van der Waals surface area contributed by atoms with Crippen molar-refractivity contribution >= 4 is 52.8 Å². The average molecular weight is 528 g/mol. The molecule has 3 aromatic rings. The molecule has 36 heavy (non-hydrogen) atoms. The highest BCUT2D eigenvalue weighted by atomic mass is 32.2. The number of Topliss-reactive ketones (excluding diaryl/α,β-unsaturated/α-hetero) is 1. The van der Waals surface area contributed by atoms with Gasteiger partial charge in [0.2, 0.25) is 0 Å². The van der Waals surface area contributed by atoms with Crippen molar-refractivity contribution in [1.82, 2.24) is 0 Å². The van der Waals surface area contributed by atoms with E-state index in [-0.39, 0.29) is 5.57 Å². The summed E-state index contributed by atoms with van der Waals surface area (Å²) in [7, 11) is 0. The Bertz CT molecular complexity index is 1560. The summed E-state index contributed by atoms with van der Waals surface area (Å²) in [5, 5.41) is 26.5. The van der Waals surface area contributed by atoms with Crippen LogP contribution >= 0.6 is 34.9 Å². The van der Waals surface area contributed by atoms with Gasteiger partial charge in [-0.1, -0.05) is 12.2 Å². The van der Waals surface area contributed by atoms with Crippen molar-refractivity contribution in [1.29, 1.82) is 15.8 Å². The van der Waals surface area contributed by atoms with Crippen molar-refractivity contribution in [3.63, 3.8) is 0 Å². The van der Waals surface area contributed by atoms with E-state index < -0.39 is 5.78 Å². The number of hydrogen-bond acceptors (Lipinski definition) is 9. The minimum atomic E-state index is -0.875. The fourth-order valence-electron chi connectivity index (χ4n) is 3.19. The van der Waals surface area contributed by atoms with Crippen LogP contribution in [0.1, 0.15) is 18.4 Å². The van der Waals surface area contributed by atoms with E-state index in [2.05, 4.69) is 6.07 Å². The molecule has 0 aromatic carbocycles. The largest absolute Gasteiger partial charge is 0.456 e. The number of nitriles is 3. The zero-order valence-corrected chi connectivity index (χ0v) is 21.4. The van der Waals surface area contributed by atoms with Gasteiger partial charge in [-0.05, 0) is 55.5 Å². The second-order valence-electron chi connectivity index (χ2n) is 7.33. The lowest BCUT2D eigenvalue weighted by Crippen LogP contribution is -1.94. The second-order valence-corrected chi connectivity index (χ2v) is 10.6. The molecule has 0 amide bonds. The Morgan fingerprint density at radius 3 is 1.89 bits per heavy atom. The number of allylic oxidation sites excluding steroid dienone is 6. The molecular weight excluding hydrogens is 511 g/mol. The lowest BCUT2D eigenvalue weighted by Gasteiger charge is -2.12. The molecule has 0 bridgehead atoms. The van der Waals surface area contributed by atoms with Crippen LogP contribution in [-0.4, -0.2) is 17.3 Å². The average Bonchev–Trinajstić information content (AvgIpc) is 3.64. The van der Waals surface area contributed by atoms with E-state index in [4.69, 9.17) is 24.6 Å². The van der Waals surface area contributed by atoms with Crippen LogP contribution in [0.2, 0.25) is 0 Å². The molecule has 176 valence electrons. The summed E-state index contributed by atoms with van der Waals surface area (Å²) >= 11 is 5.21. The Kier molecular flexibility index (Phi) is 8.15. The number of fused-ring (bicyclic) bond motifs is 1. The second kappa shape index (κ2) is 11.7. The smallest absolute Gasteiger partial charge is 0.272 e. The fraction of sp³-hybridized carbons (Fsp3) is 0.111. The van der Waals surface area contributed by atoms with Crippen molar-refractivity contribution in [3.05, 3.63) is 71.2 Å². The lowest BCUT2D eigenvalue weighted by atomic mass is 10.2. The third-order valence-electron chi connectivity index (χ3n) is 4.87. The van der Waals surface area contributed by atoms with Crippen LogP contribution in [0.3, 0.4) is 0 Å². The number of ketones is 1. The quantitative estimate of drug-likeness (QED) is 0.134. The molecule has 0 saturated carbocycles. The lowest BCUT2D eigenvalue weighted by molar-refractivity contribution is -0.110. The van der Waals surface area contributed by atoms with Gasteiger partial charge in [-0.2, -0.15) is 15.8 Å². The molecule has 0 N–H and O–H groups in total. The highest BCUT2D eigenvalue weighted by molar-refractivity contribution is 8.06. The highest BCUT2D eigenvalue weighted by Gasteiger charge is 2.26. The molecule has 0 atom stereocenters. The van der Waals surface area contributed by atoms with Gasteiger partial charge in [0.05, 0.1) is 15.8 Å². The van der Waals surface area contributed by atoms with Gasteiger partial charge < -0.3 is 8.83 Å². The van der Waals surface area contributed by atoms with Crippen LogP contribution in [0.4, 0.5) is 0 Å². The maximum atomic E-state index is 11.4. The van der Waals surface area contributed by atoms with E-state index in [0.717, 1.165) is 32.8 Å². The molecule has 0 aliphatic carbocycles. The standard InChI is InChI=1S/C27H17N3O3S3/c1-17(14-28)4-2-6-19-8-10-22(32-19)24-26-27(35-13-12-34-26)25(36-24)23-11-9-20(33-23)7-3-5-18(15-29)21(31)16-30/h2-11H,12-13H2,1H3/b6-2+,7-3+,17-4-,18-5+. The van der Waals surface area contributed by atoms with E-state index in [0.29, 0.717) is 17.1 Å². The molecule has 0 unspecified atom stereocenters. The van der Waals surface area contributed by atoms with Gasteiger partial charge >= 0.3 is 0 Å². The van der Waals surface area contributed by atoms with Gasteiger partial charge in [0.1, 0.15) is 40.8 Å². The van der Waals surface area contributed by atoms with Crippen molar-refractivity contribution < 1.29 is 13.6 Å². The zero-order valence-electron chi connectivity index (χ0n) is 19.0. The predicted octanol–water partition coefficient (Wildman–Crippen LogP) is 7.50. The third kappa shape index (κ3) is 5.64. The topological polar surface area (TPSA) is 115 Å². The van der Waals surface area contributed by atoms with Crippen LogP contribution in [0.25, 0.3) is 33.4 Å². The van der Waals surface area contributed by atoms with Crippen molar-refractivity contribution in [3.8, 4) is 39.5 Å². The summed E-state index contributed by atoms with van der Waals surface area (Å²) in [6.07, 6.45) is 9.81. The summed E-state index contributed by atoms with van der Waals surface area (Å²) in [6.45, 7) is 1.75. The first-order valence-corrected chi connectivity index (χ1v) is 13.4. The molecule has 1 aliphatic rings. The van der Waals surface area contributed by atoms with E-state index >= 15 is 0 Å². The van der Waals surface area contributed by atoms with Gasteiger partial charge in [0.15, 0.2) is 0 Å². The number of rotatable bonds is 7. The summed E-state index contributed by atoms with van der Waals surface area (Å²) in [6, 6.07) is 12.8. The van der Waals surface area contributed by atoms with Crippen LogP contribution < -0.4 is 0 Å². The summed E-state index contributed by atoms with van der Waals surface area (Å²) in [4.78, 5) is 15.8. The molecule has 0 radical (unpaired) electrons. The van der Waals surface area contributed by atoms with Crippen LogP contribution in [0, 0.1) is 34.0 Å². The first-order chi connectivity index (χ1) is 17.5.